The average Bonchev–Trinajstić information content (AvgIpc) is 2.75. The minimum atomic E-state index is -3.13. The minimum absolute atomic E-state index is 0.0365. The third-order valence-corrected chi connectivity index (χ3v) is 4.49. The highest BCUT2D eigenvalue weighted by Crippen LogP contribution is 2.24. The first-order chi connectivity index (χ1) is 14.2. The topological polar surface area (TPSA) is 108 Å². The summed E-state index contributed by atoms with van der Waals surface area (Å²) in [6.45, 7) is 0.940. The van der Waals surface area contributed by atoms with Crippen LogP contribution in [0.25, 0.3) is 0 Å². The van der Waals surface area contributed by atoms with E-state index in [1.807, 2.05) is 0 Å². The third-order valence-electron chi connectivity index (χ3n) is 4.49. The maximum absolute atomic E-state index is 13.4. The van der Waals surface area contributed by atoms with Crippen molar-refractivity contribution in [1.29, 1.82) is 0 Å². The van der Waals surface area contributed by atoms with E-state index in [4.69, 9.17) is 9.94 Å². The highest BCUT2D eigenvalue weighted by Gasteiger charge is 2.48. The number of ether oxygens (including phenoxy) is 1. The van der Waals surface area contributed by atoms with Crippen LogP contribution in [0, 0.1) is 11.8 Å². The van der Waals surface area contributed by atoms with E-state index in [0.29, 0.717) is 11.1 Å². The van der Waals surface area contributed by atoms with Gasteiger partial charge < -0.3 is 15.2 Å². The van der Waals surface area contributed by atoms with E-state index < -0.39 is 29.9 Å². The number of phenolic OH excluding ortho intramolecular Hbond substituents is 1. The molecule has 2 aromatic carbocycles. The van der Waals surface area contributed by atoms with Gasteiger partial charge in [0.15, 0.2) is 5.60 Å². The molecule has 0 bridgehead atoms. The van der Waals surface area contributed by atoms with Crippen molar-refractivity contribution in [3.8, 4) is 17.6 Å². The molecule has 0 aliphatic rings. The molecule has 0 aliphatic carbocycles. The van der Waals surface area contributed by atoms with Gasteiger partial charge in [-0.25, -0.2) is 14.3 Å². The molecule has 4 N–H and O–H groups in total. The van der Waals surface area contributed by atoms with Gasteiger partial charge in [0.1, 0.15) is 11.8 Å². The van der Waals surface area contributed by atoms with Crippen LogP contribution in [0.3, 0.4) is 0 Å². The lowest BCUT2D eigenvalue weighted by Crippen LogP contribution is -2.62. The van der Waals surface area contributed by atoms with Gasteiger partial charge in [0.2, 0.25) is 0 Å². The Kier molecular flexibility index (Phi) is 7.47. The fourth-order valence-electron chi connectivity index (χ4n) is 2.50. The van der Waals surface area contributed by atoms with Crippen LogP contribution in [0.1, 0.15) is 28.4 Å². The molecule has 0 heterocycles. The van der Waals surface area contributed by atoms with Gasteiger partial charge in [-0.05, 0) is 43.3 Å². The van der Waals surface area contributed by atoms with E-state index in [1.165, 1.54) is 35.8 Å². The van der Waals surface area contributed by atoms with E-state index in [-0.39, 0.29) is 11.3 Å². The van der Waals surface area contributed by atoms with Crippen molar-refractivity contribution >= 4 is 11.8 Å². The SMILES string of the molecule is COC(C)(C(F)F)[C@H](NC(=O)c1ccc(C#Cc2ccccc2O)cc1)C(=O)NO. The van der Waals surface area contributed by atoms with Gasteiger partial charge in [0.05, 0.1) is 5.56 Å². The molecule has 0 aliphatic heterocycles. The van der Waals surface area contributed by atoms with Crippen LogP contribution in [0.15, 0.2) is 48.5 Å². The highest BCUT2D eigenvalue weighted by molar-refractivity contribution is 5.97. The number of para-hydroxylation sites is 1. The Bertz CT molecular complexity index is 969. The zero-order valence-corrected chi connectivity index (χ0v) is 16.1. The molecule has 1 unspecified atom stereocenters. The predicted octanol–water partition coefficient (Wildman–Crippen LogP) is 2.07. The van der Waals surface area contributed by atoms with Crippen molar-refractivity contribution in [3.63, 3.8) is 0 Å². The summed E-state index contributed by atoms with van der Waals surface area (Å²) in [5.74, 6) is 3.58. The van der Waals surface area contributed by atoms with Gasteiger partial charge in [-0.1, -0.05) is 24.0 Å². The van der Waals surface area contributed by atoms with Crippen molar-refractivity contribution in [2.45, 2.75) is 25.0 Å². The number of carbonyl (C=O) groups is 2. The number of hydroxylamine groups is 1. The Morgan fingerprint density at radius 3 is 2.27 bits per heavy atom. The average molecular weight is 418 g/mol. The van der Waals surface area contributed by atoms with Gasteiger partial charge >= 0.3 is 0 Å². The largest absolute Gasteiger partial charge is 0.507 e. The van der Waals surface area contributed by atoms with Crippen LogP contribution in [0.5, 0.6) is 5.75 Å². The molecule has 0 fully saturated rings. The molecule has 0 saturated carbocycles. The number of benzene rings is 2. The lowest BCUT2D eigenvalue weighted by Gasteiger charge is -2.34. The Morgan fingerprint density at radius 1 is 1.10 bits per heavy atom. The molecule has 0 aromatic heterocycles. The number of hydrogen-bond acceptors (Lipinski definition) is 5. The molecule has 2 rings (SSSR count). The number of alkyl halides is 2. The summed E-state index contributed by atoms with van der Waals surface area (Å²) in [4.78, 5) is 24.3. The molecule has 158 valence electrons. The van der Waals surface area contributed by atoms with Crippen LogP contribution >= 0.6 is 0 Å². The molecule has 7 nitrogen and oxygen atoms in total. The number of halogens is 2. The van der Waals surface area contributed by atoms with E-state index in [0.717, 1.165) is 14.0 Å². The van der Waals surface area contributed by atoms with E-state index in [1.54, 1.807) is 18.2 Å². The lowest BCUT2D eigenvalue weighted by molar-refractivity contribution is -0.157. The number of hydrogen-bond donors (Lipinski definition) is 4. The highest BCUT2D eigenvalue weighted by atomic mass is 19.3. The van der Waals surface area contributed by atoms with Crippen molar-refractivity contribution in [1.82, 2.24) is 10.8 Å². The second-order valence-corrected chi connectivity index (χ2v) is 6.42. The molecule has 2 amide bonds. The monoisotopic (exact) mass is 418 g/mol. The van der Waals surface area contributed by atoms with Crippen molar-refractivity contribution < 1.29 is 33.4 Å². The van der Waals surface area contributed by atoms with Crippen molar-refractivity contribution in [2.24, 2.45) is 0 Å². The normalized spacial score (nSPS) is 13.5. The number of aromatic hydroxyl groups is 1. The number of phenols is 1. The summed E-state index contributed by atoms with van der Waals surface area (Å²) in [6, 6.07) is 10.5. The maximum Gasteiger partial charge on any atom is 0.269 e. The Labute approximate surface area is 171 Å². The molecule has 0 saturated heterocycles. The number of carbonyl (C=O) groups excluding carboxylic acids is 2. The Hall–Kier alpha value is -3.48. The van der Waals surface area contributed by atoms with Crippen LogP contribution in [-0.2, 0) is 9.53 Å². The number of methoxy groups -OCH3 is 1. The van der Waals surface area contributed by atoms with Gasteiger partial charge in [-0.15, -0.1) is 0 Å². The first kappa shape index (κ1) is 22.8. The molecular formula is C21H20F2N2O5. The predicted molar refractivity (Wildman–Crippen MR) is 103 cm³/mol. The smallest absolute Gasteiger partial charge is 0.269 e. The molecule has 2 atom stereocenters. The van der Waals surface area contributed by atoms with Crippen LogP contribution < -0.4 is 10.8 Å². The quantitative estimate of drug-likeness (QED) is 0.326. The molecule has 9 heteroatoms. The third kappa shape index (κ3) is 5.11. The van der Waals surface area contributed by atoms with E-state index >= 15 is 0 Å². The standard InChI is InChI=1S/C21H20F2N2O5/c1-21(30-2,20(22)23)17(19(28)25-29)24-18(27)15-11-8-13(9-12-15)7-10-14-5-3-4-6-16(14)26/h3-6,8-9,11-12,17,20,26,29H,1-2H3,(H,24,27)(H,25,28)/t17-,21?/m1/s1. The van der Waals surface area contributed by atoms with E-state index in [2.05, 4.69) is 17.2 Å². The first-order valence-corrected chi connectivity index (χ1v) is 8.71. The second kappa shape index (κ2) is 9.82. The van der Waals surface area contributed by atoms with Crippen molar-refractivity contribution in [3.05, 3.63) is 65.2 Å². The molecule has 0 radical (unpaired) electrons. The summed E-state index contributed by atoms with van der Waals surface area (Å²) >= 11 is 0. The van der Waals surface area contributed by atoms with Crippen LogP contribution in [0.2, 0.25) is 0 Å². The maximum atomic E-state index is 13.4. The summed E-state index contributed by atoms with van der Waals surface area (Å²) in [5.41, 5.74) is -0.0677. The van der Waals surface area contributed by atoms with Crippen LogP contribution in [0.4, 0.5) is 8.78 Å². The minimum Gasteiger partial charge on any atom is -0.507 e. The number of amides is 2. The number of rotatable bonds is 6. The number of nitrogens with one attached hydrogen (secondary N) is 2. The van der Waals surface area contributed by atoms with E-state index in [9.17, 15) is 23.5 Å². The molecule has 2 aromatic rings. The zero-order chi connectivity index (χ0) is 22.3. The summed E-state index contributed by atoms with van der Waals surface area (Å²) in [6.07, 6.45) is -3.13. The van der Waals surface area contributed by atoms with Gasteiger partial charge in [0.25, 0.3) is 18.2 Å². The lowest BCUT2D eigenvalue weighted by atomic mass is 9.95. The van der Waals surface area contributed by atoms with Crippen LogP contribution in [-0.4, -0.2) is 47.3 Å². The Balaban J connectivity index is 2.20. The summed E-state index contributed by atoms with van der Waals surface area (Å²) in [5, 5.41) is 20.7. The van der Waals surface area contributed by atoms with Gasteiger partial charge in [-0.2, -0.15) is 0 Å². The molecule has 0 spiro atoms. The fraction of sp³-hybridized carbons (Fsp3) is 0.238. The van der Waals surface area contributed by atoms with Gasteiger partial charge in [-0.3, -0.25) is 14.8 Å². The second-order valence-electron chi connectivity index (χ2n) is 6.42. The van der Waals surface area contributed by atoms with Crippen molar-refractivity contribution in [2.75, 3.05) is 7.11 Å². The molecular weight excluding hydrogens is 398 g/mol. The van der Waals surface area contributed by atoms with Gasteiger partial charge in [0, 0.05) is 18.2 Å². The fourth-order valence-corrected chi connectivity index (χ4v) is 2.50. The zero-order valence-electron chi connectivity index (χ0n) is 16.1. The summed E-state index contributed by atoms with van der Waals surface area (Å²) in [7, 11) is 0.966. The summed E-state index contributed by atoms with van der Waals surface area (Å²) < 4.78 is 31.6. The first-order valence-electron chi connectivity index (χ1n) is 8.71. The Morgan fingerprint density at radius 2 is 1.73 bits per heavy atom. The molecule has 30 heavy (non-hydrogen) atoms.